The molecule has 212 valence electrons. The number of para-hydroxylation sites is 1. The summed E-state index contributed by atoms with van der Waals surface area (Å²) in [7, 11) is 1.56. The summed E-state index contributed by atoms with van der Waals surface area (Å²) in [6.07, 6.45) is 3.80. The number of methoxy groups -OCH3 is 1. The van der Waals surface area contributed by atoms with Gasteiger partial charge in [0.2, 0.25) is 12.7 Å². The second-order valence-corrected chi connectivity index (χ2v) is 11.1. The number of anilines is 1. The predicted molar refractivity (Wildman–Crippen MR) is 158 cm³/mol. The molecular weight excluding hydrogens is 544 g/mol. The van der Waals surface area contributed by atoms with Crippen molar-refractivity contribution in [2.45, 2.75) is 17.5 Å². The molecule has 4 aromatic rings. The number of fused-ring (bicyclic) bond motifs is 7. The third-order valence-electron chi connectivity index (χ3n) is 9.15. The number of hydrogen-bond donors (Lipinski definition) is 1. The third-order valence-corrected chi connectivity index (χ3v) is 9.15. The molecular formula is C35H26N2O6. The van der Waals surface area contributed by atoms with Crippen molar-refractivity contribution in [3.63, 3.8) is 0 Å². The minimum absolute atomic E-state index is 0.0722. The third kappa shape index (κ3) is 3.46. The molecule has 1 amide bonds. The van der Waals surface area contributed by atoms with Gasteiger partial charge >= 0.3 is 0 Å². The fourth-order valence-corrected chi connectivity index (χ4v) is 7.32. The highest BCUT2D eigenvalue weighted by molar-refractivity contribution is 6.16. The van der Waals surface area contributed by atoms with Crippen molar-refractivity contribution >= 4 is 29.2 Å². The van der Waals surface area contributed by atoms with Crippen molar-refractivity contribution in [3.05, 3.63) is 125 Å². The number of carbonyl (C=O) groups is 3. The van der Waals surface area contributed by atoms with E-state index in [2.05, 4.69) is 5.32 Å². The summed E-state index contributed by atoms with van der Waals surface area (Å²) < 4.78 is 16.4. The molecule has 1 N–H and O–H groups in total. The molecule has 4 aliphatic rings. The number of benzene rings is 4. The number of hydrogen-bond acceptors (Lipinski definition) is 7. The minimum atomic E-state index is -1.40. The van der Waals surface area contributed by atoms with Crippen LogP contribution in [0.3, 0.4) is 0 Å². The number of nitrogens with zero attached hydrogens (tertiary/aromatic N) is 1. The van der Waals surface area contributed by atoms with E-state index in [1.54, 1.807) is 49.6 Å². The van der Waals surface area contributed by atoms with Crippen LogP contribution < -0.4 is 19.5 Å². The average molecular weight is 571 g/mol. The first-order valence-corrected chi connectivity index (χ1v) is 14.1. The summed E-state index contributed by atoms with van der Waals surface area (Å²) in [5, 5.41) is 3.07. The van der Waals surface area contributed by atoms with Crippen LogP contribution in [0.5, 0.6) is 17.2 Å². The Balaban J connectivity index is 1.39. The van der Waals surface area contributed by atoms with Gasteiger partial charge in [-0.05, 0) is 71.3 Å². The number of amides is 1. The Hall–Kier alpha value is -5.37. The van der Waals surface area contributed by atoms with Crippen LogP contribution in [0.25, 0.3) is 6.08 Å². The van der Waals surface area contributed by atoms with Gasteiger partial charge in [-0.25, -0.2) is 0 Å². The number of Topliss-reactive ketones (excluding diaryl/α,β-unsaturated/α-hetero) is 2. The van der Waals surface area contributed by atoms with E-state index in [-0.39, 0.29) is 24.3 Å². The smallest absolute Gasteiger partial charge is 0.238 e. The SMILES string of the molecule is COc1ccc(C(=O)[C@@H]2[C@@H](C(=O)c3ccc4c(c3)OCO4)N3C=Cc4ccccc4[C@@H]3[C@]23C(=O)Nc2ccccc23)cc1. The van der Waals surface area contributed by atoms with E-state index in [0.29, 0.717) is 39.6 Å². The molecule has 4 aliphatic heterocycles. The highest BCUT2D eigenvalue weighted by Gasteiger charge is 2.70. The summed E-state index contributed by atoms with van der Waals surface area (Å²) in [5.41, 5.74) is 2.53. The molecule has 8 heteroatoms. The standard InChI is InChI=1S/C35H26N2O6/c1-41-23-13-10-21(11-14-23)31(38)29-30(32(39)22-12-15-27-28(18-22)43-19-42-27)37-17-16-20-6-2-3-7-24(20)33(37)35(29)25-8-4-5-9-26(25)36-34(35)40/h2-18,29-30,33H,19H2,1H3,(H,36,40)/t29-,30-,33+,35+/m0/s1. The number of rotatable bonds is 5. The molecule has 0 aromatic heterocycles. The van der Waals surface area contributed by atoms with Crippen LogP contribution in [-0.2, 0) is 10.2 Å². The summed E-state index contributed by atoms with van der Waals surface area (Å²) in [5.74, 6) is -0.327. The zero-order valence-corrected chi connectivity index (χ0v) is 23.2. The number of nitrogens with one attached hydrogen (secondary N) is 1. The first-order valence-electron chi connectivity index (χ1n) is 14.1. The fraction of sp³-hybridized carbons (Fsp3) is 0.171. The molecule has 4 atom stereocenters. The van der Waals surface area contributed by atoms with Crippen LogP contribution in [0.15, 0.2) is 97.2 Å². The minimum Gasteiger partial charge on any atom is -0.497 e. The summed E-state index contributed by atoms with van der Waals surface area (Å²) in [6, 6.07) is 25.6. The van der Waals surface area contributed by atoms with Gasteiger partial charge in [-0.2, -0.15) is 0 Å². The monoisotopic (exact) mass is 570 g/mol. The molecule has 0 bridgehead atoms. The lowest BCUT2D eigenvalue weighted by atomic mass is 9.62. The molecule has 1 spiro atoms. The van der Waals surface area contributed by atoms with E-state index in [1.807, 2.05) is 65.7 Å². The second kappa shape index (κ2) is 9.32. The zero-order chi connectivity index (χ0) is 29.3. The maximum Gasteiger partial charge on any atom is 0.238 e. The summed E-state index contributed by atoms with van der Waals surface area (Å²) >= 11 is 0. The van der Waals surface area contributed by atoms with Gasteiger partial charge in [-0.3, -0.25) is 14.4 Å². The Morgan fingerprint density at radius 3 is 2.47 bits per heavy atom. The molecule has 4 aromatic carbocycles. The van der Waals surface area contributed by atoms with Gasteiger partial charge in [0.05, 0.1) is 19.1 Å². The van der Waals surface area contributed by atoms with Gasteiger partial charge in [0, 0.05) is 23.0 Å². The normalized spacial score (nSPS) is 23.9. The molecule has 0 radical (unpaired) electrons. The first kappa shape index (κ1) is 25.3. The van der Waals surface area contributed by atoms with Crippen molar-refractivity contribution in [3.8, 4) is 17.2 Å². The molecule has 1 fully saturated rings. The summed E-state index contributed by atoms with van der Waals surface area (Å²) in [4.78, 5) is 46.1. The highest BCUT2D eigenvalue weighted by Crippen LogP contribution is 2.62. The van der Waals surface area contributed by atoms with Crippen molar-refractivity contribution in [1.29, 1.82) is 0 Å². The van der Waals surface area contributed by atoms with Crippen molar-refractivity contribution in [1.82, 2.24) is 4.90 Å². The number of ether oxygens (including phenoxy) is 3. The van der Waals surface area contributed by atoms with Crippen LogP contribution >= 0.6 is 0 Å². The first-order chi connectivity index (χ1) is 21.0. The van der Waals surface area contributed by atoms with E-state index < -0.39 is 23.4 Å². The molecule has 0 unspecified atom stereocenters. The van der Waals surface area contributed by atoms with E-state index in [4.69, 9.17) is 14.2 Å². The van der Waals surface area contributed by atoms with Crippen LogP contribution in [0.2, 0.25) is 0 Å². The van der Waals surface area contributed by atoms with Crippen molar-refractivity contribution in [2.24, 2.45) is 5.92 Å². The van der Waals surface area contributed by atoms with Gasteiger partial charge in [0.1, 0.15) is 17.2 Å². The maximum atomic E-state index is 14.9. The van der Waals surface area contributed by atoms with Crippen molar-refractivity contribution in [2.75, 3.05) is 19.2 Å². The topological polar surface area (TPSA) is 94.2 Å². The van der Waals surface area contributed by atoms with Crippen LogP contribution in [0.4, 0.5) is 5.69 Å². The quantitative estimate of drug-likeness (QED) is 0.321. The summed E-state index contributed by atoms with van der Waals surface area (Å²) in [6.45, 7) is 0.0722. The molecule has 1 saturated heterocycles. The lowest BCUT2D eigenvalue weighted by Crippen LogP contribution is -2.49. The van der Waals surface area contributed by atoms with Gasteiger partial charge in [-0.1, -0.05) is 42.5 Å². The molecule has 0 aliphatic carbocycles. The fourth-order valence-electron chi connectivity index (χ4n) is 7.32. The Bertz CT molecular complexity index is 1860. The van der Waals surface area contributed by atoms with Crippen molar-refractivity contribution < 1.29 is 28.6 Å². The maximum absolute atomic E-state index is 14.9. The van der Waals surface area contributed by atoms with Crippen LogP contribution in [0.1, 0.15) is 43.4 Å². The predicted octanol–water partition coefficient (Wildman–Crippen LogP) is 5.41. The van der Waals surface area contributed by atoms with Gasteiger partial charge in [0.15, 0.2) is 23.1 Å². The zero-order valence-electron chi connectivity index (χ0n) is 23.2. The lowest BCUT2D eigenvalue weighted by Gasteiger charge is -2.38. The Labute approximate surface area is 247 Å². The van der Waals surface area contributed by atoms with E-state index in [9.17, 15) is 14.4 Å². The largest absolute Gasteiger partial charge is 0.497 e. The lowest BCUT2D eigenvalue weighted by molar-refractivity contribution is -0.122. The van der Waals surface area contributed by atoms with Crippen LogP contribution in [0, 0.1) is 5.92 Å². The Kier molecular flexibility index (Phi) is 5.50. The van der Waals surface area contributed by atoms with E-state index in [0.717, 1.165) is 11.1 Å². The van der Waals surface area contributed by atoms with Crippen LogP contribution in [-0.4, -0.2) is 42.3 Å². The second-order valence-electron chi connectivity index (χ2n) is 11.1. The molecule has 4 heterocycles. The van der Waals surface area contributed by atoms with Gasteiger partial charge in [0.25, 0.3) is 0 Å². The molecule has 8 rings (SSSR count). The average Bonchev–Trinajstić information content (AvgIpc) is 3.73. The molecule has 43 heavy (non-hydrogen) atoms. The highest BCUT2D eigenvalue weighted by atomic mass is 16.7. The molecule has 8 nitrogen and oxygen atoms in total. The number of carbonyl (C=O) groups excluding carboxylic acids is 3. The van der Waals surface area contributed by atoms with Gasteiger partial charge in [-0.15, -0.1) is 0 Å². The van der Waals surface area contributed by atoms with Gasteiger partial charge < -0.3 is 24.4 Å². The molecule has 0 saturated carbocycles. The Morgan fingerprint density at radius 2 is 1.63 bits per heavy atom. The van der Waals surface area contributed by atoms with E-state index in [1.165, 1.54) is 0 Å². The van der Waals surface area contributed by atoms with E-state index >= 15 is 0 Å². The number of ketones is 2. The Morgan fingerprint density at radius 1 is 0.884 bits per heavy atom.